The lowest BCUT2D eigenvalue weighted by Gasteiger charge is -2.43. The smallest absolute Gasteiger partial charge is 0.416 e. The molecule has 1 saturated heterocycles. The van der Waals surface area contributed by atoms with E-state index in [1.807, 2.05) is 0 Å². The first-order valence-corrected chi connectivity index (χ1v) is 17.5. The second-order valence-electron chi connectivity index (χ2n) is 13.0. The number of rotatable bonds is 6. The van der Waals surface area contributed by atoms with E-state index in [4.69, 9.17) is 4.74 Å². The highest BCUT2D eigenvalue weighted by Gasteiger charge is 2.70. The quantitative estimate of drug-likeness (QED) is 0.160. The normalized spacial score (nSPS) is 26.5. The number of H-pyrrole nitrogens is 1. The van der Waals surface area contributed by atoms with Crippen molar-refractivity contribution in [3.8, 4) is 5.75 Å². The molecule has 0 unspecified atom stereocenters. The summed E-state index contributed by atoms with van der Waals surface area (Å²) in [6, 6.07) is 15.2. The number of thioether (sulfide) groups is 1. The predicted molar refractivity (Wildman–Crippen MR) is 174 cm³/mol. The van der Waals surface area contributed by atoms with Gasteiger partial charge in [0.05, 0.1) is 33.7 Å². The van der Waals surface area contributed by atoms with E-state index in [-0.39, 0.29) is 45.0 Å². The molecule has 8 nitrogen and oxygen atoms in total. The fraction of sp³-hybridized carbons (Fsp3) is 0.314. The Hall–Kier alpha value is -4.57. The number of fused-ring (bicyclic) bond motifs is 9. The van der Waals surface area contributed by atoms with Crippen LogP contribution in [0.4, 0.5) is 37.7 Å². The van der Waals surface area contributed by atoms with Crippen LogP contribution in [0.3, 0.4) is 0 Å². The predicted octanol–water partition coefficient (Wildman–Crippen LogP) is 7.17. The van der Waals surface area contributed by atoms with Gasteiger partial charge >= 0.3 is 17.2 Å². The van der Waals surface area contributed by atoms with Crippen LogP contribution in [0.1, 0.15) is 33.9 Å². The van der Waals surface area contributed by atoms with E-state index in [0.717, 1.165) is 46.6 Å². The summed E-state index contributed by atoms with van der Waals surface area (Å²) in [5.74, 6) is -4.44. The molecule has 2 aliphatic heterocycles. The molecule has 2 aliphatic carbocycles. The number of aromatic nitrogens is 1. The van der Waals surface area contributed by atoms with Crippen molar-refractivity contribution >= 4 is 52.2 Å². The molecule has 4 aliphatic rings. The van der Waals surface area contributed by atoms with Gasteiger partial charge in [-0.25, -0.2) is 0 Å². The van der Waals surface area contributed by atoms with Crippen LogP contribution in [0.25, 0.3) is 0 Å². The van der Waals surface area contributed by atoms with Gasteiger partial charge in [0.25, 0.3) is 5.91 Å². The Labute approximate surface area is 293 Å². The largest absolute Gasteiger partial charge is 0.483 e. The van der Waals surface area contributed by atoms with Crippen LogP contribution in [-0.2, 0) is 26.7 Å². The average Bonchev–Trinajstić information content (AvgIpc) is 3.82. The number of aromatic amines is 1. The Balaban J connectivity index is 1.09. The molecule has 3 aromatic carbocycles. The van der Waals surface area contributed by atoms with Crippen molar-refractivity contribution in [2.45, 2.75) is 35.0 Å². The number of thiazole rings is 1. The van der Waals surface area contributed by atoms with Crippen LogP contribution in [0.5, 0.6) is 5.75 Å². The number of amides is 3. The van der Waals surface area contributed by atoms with E-state index in [1.165, 1.54) is 30.0 Å². The fourth-order valence-electron chi connectivity index (χ4n) is 8.42. The second kappa shape index (κ2) is 12.0. The summed E-state index contributed by atoms with van der Waals surface area (Å²) in [5.41, 5.74) is -1.48. The van der Waals surface area contributed by atoms with Gasteiger partial charge in [-0.15, -0.1) is 11.8 Å². The number of hydrogen-bond donors (Lipinski definition) is 2. The maximum atomic E-state index is 14.0. The molecule has 2 N–H and O–H groups in total. The molecular weight excluding hydrogens is 721 g/mol. The number of halogens is 6. The minimum absolute atomic E-state index is 0.0629. The lowest BCUT2D eigenvalue weighted by molar-refractivity contribution is -0.138. The zero-order chi connectivity index (χ0) is 36.0. The van der Waals surface area contributed by atoms with Crippen molar-refractivity contribution < 1.29 is 45.5 Å². The number of anilines is 2. The fourth-order valence-corrected chi connectivity index (χ4v) is 11.3. The topological polar surface area (TPSA) is 109 Å². The highest BCUT2D eigenvalue weighted by atomic mass is 32.2. The van der Waals surface area contributed by atoms with E-state index in [9.17, 15) is 45.5 Å². The molecule has 2 saturated carbocycles. The van der Waals surface area contributed by atoms with Crippen molar-refractivity contribution in [1.82, 2.24) is 4.98 Å². The number of carbonyl (C=O) groups excluding carboxylic acids is 3. The van der Waals surface area contributed by atoms with Crippen molar-refractivity contribution in [2.24, 2.45) is 29.6 Å². The zero-order valence-electron chi connectivity index (χ0n) is 26.0. The molecule has 51 heavy (non-hydrogen) atoms. The third-order valence-electron chi connectivity index (χ3n) is 10.2. The van der Waals surface area contributed by atoms with Gasteiger partial charge < -0.3 is 15.0 Å². The van der Waals surface area contributed by atoms with Gasteiger partial charge in [0.2, 0.25) is 11.8 Å². The van der Waals surface area contributed by atoms with Crippen LogP contribution in [0.15, 0.2) is 82.6 Å². The Morgan fingerprint density at radius 1 is 0.863 bits per heavy atom. The van der Waals surface area contributed by atoms with Gasteiger partial charge in [-0.3, -0.25) is 24.1 Å². The van der Waals surface area contributed by atoms with Crippen LogP contribution >= 0.6 is 23.1 Å². The van der Waals surface area contributed by atoms with E-state index in [1.54, 1.807) is 24.3 Å². The number of carbonyl (C=O) groups is 3. The van der Waals surface area contributed by atoms with Crippen LogP contribution in [-0.4, -0.2) is 34.6 Å². The molecule has 7 atom stereocenters. The second-order valence-corrected chi connectivity index (χ2v) is 15.2. The third kappa shape index (κ3) is 5.62. The summed E-state index contributed by atoms with van der Waals surface area (Å²) >= 11 is 2.44. The Morgan fingerprint density at radius 3 is 2.25 bits per heavy atom. The molecule has 3 heterocycles. The summed E-state index contributed by atoms with van der Waals surface area (Å²) in [6.07, 6.45) is -8.73. The summed E-state index contributed by atoms with van der Waals surface area (Å²) in [4.78, 5) is 57.6. The van der Waals surface area contributed by atoms with Crippen LogP contribution < -0.4 is 19.8 Å². The number of ether oxygens (including phenoxy) is 1. The average molecular weight is 746 g/mol. The Morgan fingerprint density at radius 2 is 1.53 bits per heavy atom. The molecule has 16 heteroatoms. The Kier molecular flexibility index (Phi) is 7.90. The van der Waals surface area contributed by atoms with Gasteiger partial charge in [0.15, 0.2) is 6.61 Å². The highest BCUT2D eigenvalue weighted by Crippen LogP contribution is 2.69. The Bertz CT molecular complexity index is 2150. The number of benzene rings is 3. The van der Waals surface area contributed by atoms with Gasteiger partial charge in [0, 0.05) is 27.3 Å². The summed E-state index contributed by atoms with van der Waals surface area (Å²) < 4.78 is 86.1. The van der Waals surface area contributed by atoms with E-state index in [0.29, 0.717) is 21.9 Å². The molecule has 0 radical (unpaired) electrons. The maximum Gasteiger partial charge on any atom is 0.416 e. The number of hydrogen-bond acceptors (Lipinski definition) is 7. The molecule has 3 fully saturated rings. The minimum Gasteiger partial charge on any atom is -0.483 e. The standard InChI is InChI=1S/C35H25F6N3O5S2/c36-34(37,38)15-5-3-7-17(11-15)42-23(45)14-49-22-10-2-1-9-19(22)24-25-20-13-21(28(25)50-30-29(24)51-33(48)43-30)27-26(20)31(46)44(32(27)47)18-8-4-6-16(12-18)35(39,40)41/h1-12,20-21,24-28H,13-14H2,(H,42,45)(H,43,48)/t20-,21-,24+,25-,26+,27+,28-/m1/s1. The van der Waals surface area contributed by atoms with E-state index >= 15 is 0 Å². The lowest BCUT2D eigenvalue weighted by atomic mass is 9.68. The van der Waals surface area contributed by atoms with Crippen molar-refractivity contribution in [2.75, 3.05) is 16.8 Å². The number of alkyl halides is 6. The molecule has 2 bridgehead atoms. The van der Waals surface area contributed by atoms with Crippen molar-refractivity contribution in [1.29, 1.82) is 0 Å². The molecule has 3 amide bonds. The molecule has 1 aromatic heterocycles. The SMILES string of the molecule is O=C(COc1ccccc1[C@@H]1c2sc(=O)[nH]c2S[C@@H]2[C@@H]3C[C@@H]([C@@H]4C(=O)N(c5cccc(C(F)(F)F)c5)C(=O)[C@@H]34)[C@H]12)Nc1cccc(C(F)(F)F)c1. The number of nitrogens with zero attached hydrogens (tertiary/aromatic N) is 1. The van der Waals surface area contributed by atoms with Crippen LogP contribution in [0.2, 0.25) is 0 Å². The molecule has 8 rings (SSSR count). The van der Waals surface area contributed by atoms with Crippen LogP contribution in [0, 0.1) is 29.6 Å². The van der Waals surface area contributed by atoms with Gasteiger partial charge in [0.1, 0.15) is 5.75 Å². The van der Waals surface area contributed by atoms with E-state index < -0.39 is 65.6 Å². The third-order valence-corrected chi connectivity index (χ3v) is 12.8. The lowest BCUT2D eigenvalue weighted by Crippen LogP contribution is -2.42. The summed E-state index contributed by atoms with van der Waals surface area (Å²) in [7, 11) is 0. The first-order chi connectivity index (χ1) is 24.2. The van der Waals surface area contributed by atoms with Gasteiger partial charge in [-0.05, 0) is 66.6 Å². The highest BCUT2D eigenvalue weighted by molar-refractivity contribution is 8.00. The molecule has 0 spiro atoms. The number of para-hydroxylation sites is 1. The molecule has 264 valence electrons. The number of nitrogens with one attached hydrogen (secondary N) is 2. The zero-order valence-corrected chi connectivity index (χ0v) is 27.6. The van der Waals surface area contributed by atoms with Gasteiger partial charge in [-0.2, -0.15) is 26.3 Å². The molecule has 4 aromatic rings. The number of imide groups is 1. The maximum absolute atomic E-state index is 14.0. The first-order valence-electron chi connectivity index (χ1n) is 15.8. The summed E-state index contributed by atoms with van der Waals surface area (Å²) in [5, 5.41) is 2.80. The van der Waals surface area contributed by atoms with Gasteiger partial charge in [-0.1, -0.05) is 41.7 Å². The molecular formula is C35H25F6N3O5S2. The van der Waals surface area contributed by atoms with E-state index in [2.05, 4.69) is 10.3 Å². The summed E-state index contributed by atoms with van der Waals surface area (Å²) in [6.45, 7) is -0.547. The van der Waals surface area contributed by atoms with Crippen molar-refractivity contribution in [3.05, 3.63) is 104 Å². The van der Waals surface area contributed by atoms with Crippen molar-refractivity contribution in [3.63, 3.8) is 0 Å². The minimum atomic E-state index is -4.67. The monoisotopic (exact) mass is 745 g/mol. The first kappa shape index (κ1) is 33.6.